The zero-order valence-electron chi connectivity index (χ0n) is 14.2. The van der Waals surface area contributed by atoms with Crippen molar-refractivity contribution in [1.29, 1.82) is 0 Å². The second-order valence-corrected chi connectivity index (χ2v) is 9.53. The predicted molar refractivity (Wildman–Crippen MR) is 94.0 cm³/mol. The molecule has 0 saturated heterocycles. The fourth-order valence-electron chi connectivity index (χ4n) is 2.50. The third kappa shape index (κ3) is 4.65. The summed E-state index contributed by atoms with van der Waals surface area (Å²) < 4.78 is 64.0. The summed E-state index contributed by atoms with van der Waals surface area (Å²) in [6.07, 6.45) is 1.58. The first kappa shape index (κ1) is 19.6. The van der Waals surface area contributed by atoms with Gasteiger partial charge < -0.3 is 0 Å². The largest absolute Gasteiger partial charge is 0.241 e. The number of hydrogen-bond donors (Lipinski definition) is 1. The van der Waals surface area contributed by atoms with Gasteiger partial charge in [0.1, 0.15) is 5.82 Å². The van der Waals surface area contributed by atoms with Crippen LogP contribution in [0.25, 0.3) is 0 Å². The predicted octanol–water partition coefficient (Wildman–Crippen LogP) is 2.97. The van der Waals surface area contributed by atoms with Crippen molar-refractivity contribution in [1.82, 2.24) is 4.72 Å². The van der Waals surface area contributed by atoms with E-state index in [4.69, 9.17) is 0 Å². The van der Waals surface area contributed by atoms with Gasteiger partial charge in [-0.1, -0.05) is 19.1 Å². The van der Waals surface area contributed by atoms with Gasteiger partial charge in [0.25, 0.3) is 0 Å². The third-order valence-corrected chi connectivity index (χ3v) is 6.60. The van der Waals surface area contributed by atoms with Gasteiger partial charge in [-0.05, 0) is 54.8 Å². The Morgan fingerprint density at radius 3 is 2.12 bits per heavy atom. The van der Waals surface area contributed by atoms with Crippen LogP contribution in [0.1, 0.15) is 30.5 Å². The number of sulfonamides is 1. The van der Waals surface area contributed by atoms with E-state index in [9.17, 15) is 21.2 Å². The smallest absolute Gasteiger partial charge is 0.224 e. The Morgan fingerprint density at radius 1 is 1.04 bits per heavy atom. The van der Waals surface area contributed by atoms with Gasteiger partial charge in [-0.15, -0.1) is 0 Å². The minimum Gasteiger partial charge on any atom is -0.224 e. The summed E-state index contributed by atoms with van der Waals surface area (Å²) in [5.74, 6) is -0.500. The molecule has 5 nitrogen and oxygen atoms in total. The van der Waals surface area contributed by atoms with Gasteiger partial charge in [-0.2, -0.15) is 0 Å². The van der Waals surface area contributed by atoms with E-state index in [2.05, 4.69) is 4.72 Å². The van der Waals surface area contributed by atoms with E-state index < -0.39 is 31.7 Å². The van der Waals surface area contributed by atoms with Gasteiger partial charge in [0, 0.05) is 12.3 Å². The molecule has 0 aromatic heterocycles. The van der Waals surface area contributed by atoms with Crippen molar-refractivity contribution < 1.29 is 21.2 Å². The van der Waals surface area contributed by atoms with Gasteiger partial charge in [-0.25, -0.2) is 25.9 Å². The molecule has 0 saturated carbocycles. The molecule has 0 amide bonds. The quantitative estimate of drug-likeness (QED) is 0.829. The van der Waals surface area contributed by atoms with E-state index in [1.54, 1.807) is 12.1 Å². The lowest BCUT2D eigenvalue weighted by Gasteiger charge is -2.19. The first-order valence-electron chi connectivity index (χ1n) is 7.63. The highest BCUT2D eigenvalue weighted by Gasteiger charge is 2.22. The fourth-order valence-corrected chi connectivity index (χ4v) is 4.66. The molecule has 0 aliphatic carbocycles. The SMILES string of the molecule is CCC(NS(=O)(=O)c1ccc(F)cc1C)c1ccc(S(C)(=O)=O)cc1. The number of benzene rings is 2. The number of nitrogens with one attached hydrogen (secondary N) is 1. The highest BCUT2D eigenvalue weighted by Crippen LogP contribution is 2.23. The molecular formula is C17H20FNO4S2. The van der Waals surface area contributed by atoms with Crippen molar-refractivity contribution in [2.24, 2.45) is 0 Å². The molecule has 0 radical (unpaired) electrons. The summed E-state index contributed by atoms with van der Waals surface area (Å²) in [7, 11) is -7.15. The van der Waals surface area contributed by atoms with Gasteiger partial charge in [0.05, 0.1) is 9.79 Å². The number of halogens is 1. The second kappa shape index (κ2) is 7.23. The van der Waals surface area contributed by atoms with Crippen LogP contribution in [0.3, 0.4) is 0 Å². The van der Waals surface area contributed by atoms with Crippen LogP contribution in [0.2, 0.25) is 0 Å². The van der Waals surface area contributed by atoms with Gasteiger partial charge in [0.2, 0.25) is 10.0 Å². The Bertz CT molecular complexity index is 968. The zero-order valence-corrected chi connectivity index (χ0v) is 15.8. The van der Waals surface area contributed by atoms with Crippen molar-refractivity contribution in [2.45, 2.75) is 36.1 Å². The molecule has 136 valence electrons. The van der Waals surface area contributed by atoms with Gasteiger partial charge in [-0.3, -0.25) is 0 Å². The number of hydrogen-bond acceptors (Lipinski definition) is 4. The summed E-state index contributed by atoms with van der Waals surface area (Å²) in [6.45, 7) is 3.34. The van der Waals surface area contributed by atoms with Gasteiger partial charge in [0.15, 0.2) is 9.84 Å². The average Bonchev–Trinajstić information content (AvgIpc) is 2.51. The van der Waals surface area contributed by atoms with E-state index in [1.807, 2.05) is 6.92 Å². The van der Waals surface area contributed by atoms with E-state index in [0.717, 1.165) is 18.4 Å². The highest BCUT2D eigenvalue weighted by molar-refractivity contribution is 7.90. The molecular weight excluding hydrogens is 365 g/mol. The minimum atomic E-state index is -3.84. The molecule has 0 aliphatic heterocycles. The first-order valence-corrected chi connectivity index (χ1v) is 11.0. The van der Waals surface area contributed by atoms with E-state index in [1.165, 1.54) is 25.1 Å². The van der Waals surface area contributed by atoms with Crippen molar-refractivity contribution in [2.75, 3.05) is 6.26 Å². The van der Waals surface area contributed by atoms with Crippen LogP contribution in [0.15, 0.2) is 52.3 Å². The number of sulfone groups is 1. The maximum atomic E-state index is 13.2. The van der Waals surface area contributed by atoms with Crippen LogP contribution in [0.5, 0.6) is 0 Å². The lowest BCUT2D eigenvalue weighted by molar-refractivity contribution is 0.548. The monoisotopic (exact) mass is 385 g/mol. The third-order valence-electron chi connectivity index (χ3n) is 3.84. The van der Waals surface area contributed by atoms with Crippen molar-refractivity contribution in [3.8, 4) is 0 Å². The van der Waals surface area contributed by atoms with Crippen LogP contribution in [0.4, 0.5) is 4.39 Å². The molecule has 0 spiro atoms. The molecule has 1 N–H and O–H groups in total. The van der Waals surface area contributed by atoms with Gasteiger partial charge >= 0.3 is 0 Å². The second-order valence-electron chi connectivity index (χ2n) is 5.83. The number of rotatable bonds is 6. The molecule has 2 rings (SSSR count). The molecule has 0 bridgehead atoms. The average molecular weight is 385 g/mol. The molecule has 2 aromatic rings. The summed E-state index contributed by atoms with van der Waals surface area (Å²) >= 11 is 0. The number of aryl methyl sites for hydroxylation is 1. The van der Waals surface area contributed by atoms with Crippen molar-refractivity contribution >= 4 is 19.9 Å². The van der Waals surface area contributed by atoms with Crippen LogP contribution in [-0.2, 0) is 19.9 Å². The molecule has 0 heterocycles. The van der Waals surface area contributed by atoms with Crippen molar-refractivity contribution in [3.63, 3.8) is 0 Å². The van der Waals surface area contributed by atoms with Crippen LogP contribution < -0.4 is 4.72 Å². The molecule has 8 heteroatoms. The fraction of sp³-hybridized carbons (Fsp3) is 0.294. The van der Waals surface area contributed by atoms with E-state index >= 15 is 0 Å². The van der Waals surface area contributed by atoms with E-state index in [-0.39, 0.29) is 9.79 Å². The normalized spacial score (nSPS) is 13.6. The molecule has 0 aliphatic rings. The maximum absolute atomic E-state index is 13.2. The lowest BCUT2D eigenvalue weighted by atomic mass is 10.1. The first-order chi connectivity index (χ1) is 11.5. The maximum Gasteiger partial charge on any atom is 0.241 e. The molecule has 0 fully saturated rings. The lowest BCUT2D eigenvalue weighted by Crippen LogP contribution is -2.29. The Kier molecular flexibility index (Phi) is 5.65. The molecule has 1 unspecified atom stereocenters. The Hall–Kier alpha value is -1.77. The van der Waals surface area contributed by atoms with Crippen molar-refractivity contribution in [3.05, 3.63) is 59.4 Å². The minimum absolute atomic E-state index is 0.0140. The standard InChI is InChI=1S/C17H20FNO4S2/c1-4-16(13-5-8-15(9-6-13)24(3,20)21)19-25(22,23)17-10-7-14(18)11-12(17)2/h5-11,16,19H,4H2,1-3H3. The summed E-state index contributed by atoms with van der Waals surface area (Å²) in [5.41, 5.74) is 0.966. The molecule has 1 atom stereocenters. The van der Waals surface area contributed by atoms with E-state index in [0.29, 0.717) is 17.5 Å². The molecule has 25 heavy (non-hydrogen) atoms. The Balaban J connectivity index is 2.32. The Labute approximate surface area is 147 Å². The van der Waals surface area contributed by atoms with Crippen LogP contribution >= 0.6 is 0 Å². The van der Waals surface area contributed by atoms with Crippen LogP contribution in [0, 0.1) is 12.7 Å². The topological polar surface area (TPSA) is 80.3 Å². The summed E-state index contributed by atoms with van der Waals surface area (Å²) in [6, 6.07) is 9.04. The highest BCUT2D eigenvalue weighted by atomic mass is 32.2. The Morgan fingerprint density at radius 2 is 1.64 bits per heavy atom. The molecule has 2 aromatic carbocycles. The summed E-state index contributed by atoms with van der Waals surface area (Å²) in [4.78, 5) is 0.184. The zero-order chi connectivity index (χ0) is 18.8. The van der Waals surface area contributed by atoms with Crippen LogP contribution in [-0.4, -0.2) is 23.1 Å². The summed E-state index contributed by atoms with van der Waals surface area (Å²) in [5, 5.41) is 0.